The SMILES string of the molecule is Cc1nc2ccc(C=CC(=O)O)cc2c(=O)n1-c1ccccc1. The summed E-state index contributed by atoms with van der Waals surface area (Å²) in [7, 11) is 0. The van der Waals surface area contributed by atoms with E-state index < -0.39 is 5.97 Å². The van der Waals surface area contributed by atoms with Crippen LogP contribution in [0.4, 0.5) is 0 Å². The summed E-state index contributed by atoms with van der Waals surface area (Å²) in [5.41, 5.74) is 1.80. The number of para-hydroxylation sites is 1. The average molecular weight is 306 g/mol. The van der Waals surface area contributed by atoms with Crippen LogP contribution in [0, 0.1) is 6.92 Å². The number of aryl methyl sites for hydroxylation is 1. The molecule has 5 nitrogen and oxygen atoms in total. The normalized spacial score (nSPS) is 11.2. The van der Waals surface area contributed by atoms with E-state index in [2.05, 4.69) is 4.98 Å². The Morgan fingerprint density at radius 3 is 2.61 bits per heavy atom. The van der Waals surface area contributed by atoms with Crippen LogP contribution in [-0.2, 0) is 4.79 Å². The fourth-order valence-electron chi connectivity index (χ4n) is 2.47. The third-order valence-corrected chi connectivity index (χ3v) is 3.49. The predicted octanol–water partition coefficient (Wildman–Crippen LogP) is 2.79. The molecule has 0 aliphatic carbocycles. The van der Waals surface area contributed by atoms with Gasteiger partial charge in [0, 0.05) is 6.08 Å². The van der Waals surface area contributed by atoms with Crippen molar-refractivity contribution < 1.29 is 9.90 Å². The molecular weight excluding hydrogens is 292 g/mol. The van der Waals surface area contributed by atoms with E-state index in [4.69, 9.17) is 5.11 Å². The molecule has 3 aromatic rings. The Kier molecular flexibility index (Phi) is 3.76. The van der Waals surface area contributed by atoms with E-state index >= 15 is 0 Å². The van der Waals surface area contributed by atoms with E-state index in [-0.39, 0.29) is 5.56 Å². The third-order valence-electron chi connectivity index (χ3n) is 3.49. The first-order valence-corrected chi connectivity index (χ1v) is 7.06. The van der Waals surface area contributed by atoms with Crippen molar-refractivity contribution in [2.45, 2.75) is 6.92 Å². The van der Waals surface area contributed by atoms with E-state index in [1.807, 2.05) is 30.3 Å². The van der Waals surface area contributed by atoms with Crippen molar-refractivity contribution in [3.8, 4) is 5.69 Å². The zero-order chi connectivity index (χ0) is 16.4. The van der Waals surface area contributed by atoms with Crippen LogP contribution in [-0.4, -0.2) is 20.6 Å². The van der Waals surface area contributed by atoms with Crippen molar-refractivity contribution in [3.63, 3.8) is 0 Å². The number of nitrogens with zero attached hydrogens (tertiary/aromatic N) is 2. The molecule has 0 saturated carbocycles. The van der Waals surface area contributed by atoms with Gasteiger partial charge in [-0.2, -0.15) is 0 Å². The summed E-state index contributed by atoms with van der Waals surface area (Å²) >= 11 is 0. The maximum atomic E-state index is 12.8. The molecule has 3 rings (SSSR count). The van der Waals surface area contributed by atoms with Gasteiger partial charge < -0.3 is 5.11 Å². The molecule has 0 unspecified atom stereocenters. The molecule has 5 heteroatoms. The number of hydrogen-bond donors (Lipinski definition) is 1. The molecule has 1 aromatic heterocycles. The van der Waals surface area contributed by atoms with Gasteiger partial charge in [-0.05, 0) is 42.8 Å². The Morgan fingerprint density at radius 1 is 1.17 bits per heavy atom. The lowest BCUT2D eigenvalue weighted by Crippen LogP contribution is -2.22. The van der Waals surface area contributed by atoms with Gasteiger partial charge in [0.05, 0.1) is 16.6 Å². The van der Waals surface area contributed by atoms with Gasteiger partial charge in [0.2, 0.25) is 0 Å². The molecule has 0 spiro atoms. The number of hydrogen-bond acceptors (Lipinski definition) is 3. The van der Waals surface area contributed by atoms with Gasteiger partial charge in [0.15, 0.2) is 0 Å². The summed E-state index contributed by atoms with van der Waals surface area (Å²) in [6.07, 6.45) is 2.49. The van der Waals surface area contributed by atoms with Crippen LogP contribution in [0.3, 0.4) is 0 Å². The highest BCUT2D eigenvalue weighted by atomic mass is 16.4. The molecule has 1 N–H and O–H groups in total. The molecule has 0 aliphatic heterocycles. The minimum Gasteiger partial charge on any atom is -0.478 e. The largest absolute Gasteiger partial charge is 0.478 e. The number of benzene rings is 2. The first kappa shape index (κ1) is 14.7. The molecule has 0 atom stereocenters. The van der Waals surface area contributed by atoms with E-state index in [9.17, 15) is 9.59 Å². The van der Waals surface area contributed by atoms with Crippen molar-refractivity contribution in [1.82, 2.24) is 9.55 Å². The highest BCUT2D eigenvalue weighted by Crippen LogP contribution is 2.15. The number of carboxylic acid groups (broad SMARTS) is 1. The van der Waals surface area contributed by atoms with Gasteiger partial charge in [-0.15, -0.1) is 0 Å². The smallest absolute Gasteiger partial charge is 0.328 e. The Labute approximate surface area is 132 Å². The van der Waals surface area contributed by atoms with Gasteiger partial charge in [-0.25, -0.2) is 9.78 Å². The molecule has 23 heavy (non-hydrogen) atoms. The highest BCUT2D eigenvalue weighted by Gasteiger charge is 2.09. The Morgan fingerprint density at radius 2 is 1.91 bits per heavy atom. The fraction of sp³-hybridized carbons (Fsp3) is 0.0556. The van der Waals surface area contributed by atoms with Gasteiger partial charge in [0.1, 0.15) is 5.82 Å². The van der Waals surface area contributed by atoms with E-state index in [0.717, 1.165) is 11.8 Å². The van der Waals surface area contributed by atoms with Crippen LogP contribution in [0.1, 0.15) is 11.4 Å². The molecule has 0 fully saturated rings. The number of fused-ring (bicyclic) bond motifs is 1. The summed E-state index contributed by atoms with van der Waals surface area (Å²) in [5.74, 6) is -0.434. The van der Waals surface area contributed by atoms with E-state index in [0.29, 0.717) is 22.3 Å². The Bertz CT molecular complexity index is 973. The number of rotatable bonds is 3. The summed E-state index contributed by atoms with van der Waals surface area (Å²) in [6, 6.07) is 14.4. The first-order valence-electron chi connectivity index (χ1n) is 7.06. The maximum Gasteiger partial charge on any atom is 0.328 e. The topological polar surface area (TPSA) is 72.2 Å². The minimum absolute atomic E-state index is 0.177. The van der Waals surface area contributed by atoms with Gasteiger partial charge in [-0.1, -0.05) is 24.3 Å². The third kappa shape index (κ3) is 2.89. The second-order valence-electron chi connectivity index (χ2n) is 5.08. The van der Waals surface area contributed by atoms with Crippen molar-refractivity contribution in [2.75, 3.05) is 0 Å². The lowest BCUT2D eigenvalue weighted by Gasteiger charge is -2.11. The lowest BCUT2D eigenvalue weighted by atomic mass is 10.1. The van der Waals surface area contributed by atoms with Gasteiger partial charge in [-0.3, -0.25) is 9.36 Å². The minimum atomic E-state index is -1.03. The standard InChI is InChI=1S/C18H14N2O3/c1-12-19-16-9-7-13(8-10-17(21)22)11-15(16)18(23)20(12)14-5-3-2-4-6-14/h2-11H,1H3,(H,21,22). The van der Waals surface area contributed by atoms with E-state index in [1.165, 1.54) is 6.08 Å². The Hall–Kier alpha value is -3.21. The van der Waals surface area contributed by atoms with Crippen LogP contribution >= 0.6 is 0 Å². The fourth-order valence-corrected chi connectivity index (χ4v) is 2.47. The molecule has 2 aromatic carbocycles. The van der Waals surface area contributed by atoms with Crippen molar-refractivity contribution in [1.29, 1.82) is 0 Å². The molecule has 1 heterocycles. The second-order valence-corrected chi connectivity index (χ2v) is 5.08. The monoisotopic (exact) mass is 306 g/mol. The van der Waals surface area contributed by atoms with Crippen molar-refractivity contribution in [2.24, 2.45) is 0 Å². The van der Waals surface area contributed by atoms with Crippen LogP contribution in [0.5, 0.6) is 0 Å². The summed E-state index contributed by atoms with van der Waals surface area (Å²) in [4.78, 5) is 27.9. The van der Waals surface area contributed by atoms with E-state index in [1.54, 1.807) is 29.7 Å². The number of carboxylic acids is 1. The van der Waals surface area contributed by atoms with Crippen LogP contribution in [0.25, 0.3) is 22.7 Å². The van der Waals surface area contributed by atoms with Crippen molar-refractivity contribution in [3.05, 3.63) is 76.3 Å². The zero-order valence-corrected chi connectivity index (χ0v) is 12.4. The van der Waals surface area contributed by atoms with Gasteiger partial charge >= 0.3 is 5.97 Å². The molecular formula is C18H14N2O3. The predicted molar refractivity (Wildman–Crippen MR) is 88.7 cm³/mol. The molecule has 0 bridgehead atoms. The number of carbonyl (C=O) groups is 1. The molecule has 0 amide bonds. The molecule has 114 valence electrons. The summed E-state index contributed by atoms with van der Waals surface area (Å²) < 4.78 is 1.55. The first-order chi connectivity index (χ1) is 11.1. The zero-order valence-electron chi connectivity index (χ0n) is 12.4. The molecule has 0 radical (unpaired) electrons. The van der Waals surface area contributed by atoms with Crippen molar-refractivity contribution >= 4 is 22.9 Å². The molecule has 0 saturated heterocycles. The average Bonchev–Trinajstić information content (AvgIpc) is 2.54. The quantitative estimate of drug-likeness (QED) is 0.755. The van der Waals surface area contributed by atoms with Crippen LogP contribution in [0.15, 0.2) is 59.4 Å². The van der Waals surface area contributed by atoms with Gasteiger partial charge in [0.25, 0.3) is 5.56 Å². The van der Waals surface area contributed by atoms with Crippen LogP contribution < -0.4 is 5.56 Å². The number of aromatic nitrogens is 2. The summed E-state index contributed by atoms with van der Waals surface area (Å²) in [5, 5.41) is 9.16. The number of aliphatic carboxylic acids is 1. The second kappa shape index (κ2) is 5.88. The maximum absolute atomic E-state index is 12.8. The Balaban J connectivity index is 2.24. The molecule has 0 aliphatic rings. The summed E-state index contributed by atoms with van der Waals surface area (Å²) in [6.45, 7) is 1.78. The lowest BCUT2D eigenvalue weighted by molar-refractivity contribution is -0.131. The van der Waals surface area contributed by atoms with Crippen LogP contribution in [0.2, 0.25) is 0 Å². The highest BCUT2D eigenvalue weighted by molar-refractivity contribution is 5.87.